The van der Waals surface area contributed by atoms with Crippen LogP contribution in [0.5, 0.6) is 0 Å². The number of aromatic nitrogens is 1. The van der Waals surface area contributed by atoms with Crippen molar-refractivity contribution in [2.75, 3.05) is 0 Å². The van der Waals surface area contributed by atoms with Gasteiger partial charge in [0.05, 0.1) is 12.0 Å². The number of rotatable bonds is 5. The van der Waals surface area contributed by atoms with Crippen LogP contribution in [0.15, 0.2) is 109 Å². The van der Waals surface area contributed by atoms with Gasteiger partial charge in [-0.05, 0) is 52.8 Å². The summed E-state index contributed by atoms with van der Waals surface area (Å²) in [5.74, 6) is -0.114. The van der Waals surface area contributed by atoms with Crippen molar-refractivity contribution in [1.82, 2.24) is 10.3 Å². The first-order valence-corrected chi connectivity index (χ1v) is 11.2. The van der Waals surface area contributed by atoms with Gasteiger partial charge in [-0.1, -0.05) is 84.9 Å². The molecule has 158 valence electrons. The lowest BCUT2D eigenvalue weighted by molar-refractivity contribution is -0.122. The highest BCUT2D eigenvalue weighted by Crippen LogP contribution is 2.41. The van der Waals surface area contributed by atoms with Crippen LogP contribution < -0.4 is 5.32 Å². The fourth-order valence-electron chi connectivity index (χ4n) is 4.93. The summed E-state index contributed by atoms with van der Waals surface area (Å²) in [5, 5.41) is 3.46. The van der Waals surface area contributed by atoms with Crippen LogP contribution in [0.25, 0.3) is 0 Å². The lowest BCUT2D eigenvalue weighted by Gasteiger charge is -2.35. The number of pyridine rings is 1. The number of hydrogen-bond donors (Lipinski definition) is 1. The molecule has 1 amide bonds. The molecule has 0 unspecified atom stereocenters. The number of carbonyl (C=O) groups is 1. The number of carbonyl (C=O) groups excluding carboxylic acids is 1. The monoisotopic (exact) mass is 418 g/mol. The first-order valence-electron chi connectivity index (χ1n) is 11.2. The molecular weight excluding hydrogens is 392 g/mol. The van der Waals surface area contributed by atoms with Gasteiger partial charge in [0, 0.05) is 18.3 Å². The summed E-state index contributed by atoms with van der Waals surface area (Å²) in [6.07, 6.45) is 5.68. The van der Waals surface area contributed by atoms with Crippen molar-refractivity contribution in [3.05, 3.63) is 137 Å². The van der Waals surface area contributed by atoms with Gasteiger partial charge in [0.15, 0.2) is 0 Å². The summed E-state index contributed by atoms with van der Waals surface area (Å²) in [4.78, 5) is 18.1. The molecule has 0 aliphatic heterocycles. The summed E-state index contributed by atoms with van der Waals surface area (Å²) >= 11 is 0. The average Bonchev–Trinajstić information content (AvgIpc) is 2.86. The Bertz CT molecular complexity index is 1140. The van der Waals surface area contributed by atoms with Gasteiger partial charge >= 0.3 is 0 Å². The Morgan fingerprint density at radius 3 is 2.03 bits per heavy atom. The SMILES string of the molecule is O=C(N[C@H]1c2ccccc2CC[C@@H]1c1ccncc1)C(c1ccccc1)c1ccccc1. The molecule has 4 aromatic rings. The average molecular weight is 419 g/mol. The molecule has 5 rings (SSSR count). The summed E-state index contributed by atoms with van der Waals surface area (Å²) < 4.78 is 0. The lowest BCUT2D eigenvalue weighted by Crippen LogP contribution is -2.38. The Labute approximate surface area is 189 Å². The number of amides is 1. The Morgan fingerprint density at radius 2 is 1.38 bits per heavy atom. The fraction of sp³-hybridized carbons (Fsp3) is 0.172. The smallest absolute Gasteiger partial charge is 0.232 e. The minimum absolute atomic E-state index is 0.0307. The van der Waals surface area contributed by atoms with Crippen molar-refractivity contribution in [3.8, 4) is 0 Å². The molecule has 1 aliphatic carbocycles. The van der Waals surface area contributed by atoms with E-state index < -0.39 is 0 Å². The normalized spacial score (nSPS) is 17.5. The van der Waals surface area contributed by atoms with Crippen LogP contribution in [0, 0.1) is 0 Å². The van der Waals surface area contributed by atoms with E-state index in [2.05, 4.69) is 46.7 Å². The van der Waals surface area contributed by atoms with E-state index in [0.29, 0.717) is 0 Å². The third-order valence-corrected chi connectivity index (χ3v) is 6.48. The number of fused-ring (bicyclic) bond motifs is 1. The maximum absolute atomic E-state index is 13.9. The van der Waals surface area contributed by atoms with E-state index in [0.717, 1.165) is 24.0 Å². The van der Waals surface area contributed by atoms with Gasteiger partial charge in [-0.15, -0.1) is 0 Å². The van der Waals surface area contributed by atoms with Gasteiger partial charge in [-0.2, -0.15) is 0 Å². The molecule has 3 aromatic carbocycles. The number of hydrogen-bond acceptors (Lipinski definition) is 2. The molecule has 1 aliphatic rings. The second-order valence-corrected chi connectivity index (χ2v) is 8.37. The fourth-order valence-corrected chi connectivity index (χ4v) is 4.93. The molecule has 0 bridgehead atoms. The molecule has 1 heterocycles. The van der Waals surface area contributed by atoms with E-state index in [1.807, 2.05) is 73.1 Å². The largest absolute Gasteiger partial charge is 0.348 e. The Kier molecular flexibility index (Phi) is 5.80. The van der Waals surface area contributed by atoms with E-state index in [4.69, 9.17) is 0 Å². The molecular formula is C29H26N2O. The van der Waals surface area contributed by atoms with Crippen LogP contribution in [-0.4, -0.2) is 10.9 Å². The van der Waals surface area contributed by atoms with Crippen molar-refractivity contribution in [2.45, 2.75) is 30.7 Å². The maximum Gasteiger partial charge on any atom is 0.232 e. The van der Waals surface area contributed by atoms with E-state index >= 15 is 0 Å². The molecule has 0 radical (unpaired) electrons. The molecule has 0 saturated carbocycles. The van der Waals surface area contributed by atoms with Crippen molar-refractivity contribution < 1.29 is 4.79 Å². The maximum atomic E-state index is 13.9. The van der Waals surface area contributed by atoms with E-state index in [9.17, 15) is 4.79 Å². The van der Waals surface area contributed by atoms with Crippen molar-refractivity contribution in [1.29, 1.82) is 0 Å². The van der Waals surface area contributed by atoms with Crippen LogP contribution >= 0.6 is 0 Å². The number of benzene rings is 3. The highest BCUT2D eigenvalue weighted by atomic mass is 16.2. The first kappa shape index (κ1) is 20.2. The van der Waals surface area contributed by atoms with Crippen LogP contribution in [0.4, 0.5) is 0 Å². The highest BCUT2D eigenvalue weighted by molar-refractivity contribution is 5.87. The molecule has 3 nitrogen and oxygen atoms in total. The van der Waals surface area contributed by atoms with Gasteiger partial charge in [0.2, 0.25) is 5.91 Å². The molecule has 0 saturated heterocycles. The molecule has 2 atom stereocenters. The van der Waals surface area contributed by atoms with Gasteiger partial charge in [-0.3, -0.25) is 9.78 Å². The van der Waals surface area contributed by atoms with Gasteiger partial charge in [0.25, 0.3) is 0 Å². The molecule has 32 heavy (non-hydrogen) atoms. The Balaban J connectivity index is 1.53. The van der Waals surface area contributed by atoms with Gasteiger partial charge < -0.3 is 5.32 Å². The number of nitrogens with zero attached hydrogens (tertiary/aromatic N) is 1. The third-order valence-electron chi connectivity index (χ3n) is 6.48. The topological polar surface area (TPSA) is 42.0 Å². The predicted octanol–water partition coefficient (Wildman–Crippen LogP) is 5.80. The Morgan fingerprint density at radius 1 is 0.781 bits per heavy atom. The summed E-state index contributed by atoms with van der Waals surface area (Å²) in [7, 11) is 0. The lowest BCUT2D eigenvalue weighted by atomic mass is 9.76. The molecule has 0 spiro atoms. The minimum atomic E-state index is -0.357. The molecule has 3 heteroatoms. The zero-order valence-electron chi connectivity index (χ0n) is 17.9. The number of aryl methyl sites for hydroxylation is 1. The van der Waals surface area contributed by atoms with E-state index in [-0.39, 0.29) is 23.8 Å². The van der Waals surface area contributed by atoms with Crippen molar-refractivity contribution in [3.63, 3.8) is 0 Å². The van der Waals surface area contributed by atoms with Crippen molar-refractivity contribution in [2.24, 2.45) is 0 Å². The Hall–Kier alpha value is -3.72. The van der Waals surface area contributed by atoms with E-state index in [1.165, 1.54) is 16.7 Å². The van der Waals surface area contributed by atoms with Crippen LogP contribution in [0.1, 0.15) is 52.1 Å². The zero-order valence-corrected chi connectivity index (χ0v) is 17.9. The second kappa shape index (κ2) is 9.19. The predicted molar refractivity (Wildman–Crippen MR) is 127 cm³/mol. The molecule has 1 aromatic heterocycles. The summed E-state index contributed by atoms with van der Waals surface area (Å²) in [6, 6.07) is 32.7. The van der Waals surface area contributed by atoms with Crippen LogP contribution in [0.2, 0.25) is 0 Å². The molecule has 0 fully saturated rings. The standard InChI is InChI=1S/C29H26N2O/c32-29(27(23-10-3-1-4-11-23)24-12-5-2-6-13-24)31-28-25-14-8-7-9-21(25)15-16-26(28)22-17-19-30-20-18-22/h1-14,17-20,26-28H,15-16H2,(H,31,32)/t26-,28+/m1/s1. The summed E-state index contributed by atoms with van der Waals surface area (Å²) in [5.41, 5.74) is 5.75. The minimum Gasteiger partial charge on any atom is -0.348 e. The van der Waals surface area contributed by atoms with Crippen LogP contribution in [-0.2, 0) is 11.2 Å². The van der Waals surface area contributed by atoms with Crippen LogP contribution in [0.3, 0.4) is 0 Å². The highest BCUT2D eigenvalue weighted by Gasteiger charge is 2.34. The number of nitrogens with one attached hydrogen (secondary N) is 1. The third kappa shape index (κ3) is 4.06. The zero-order chi connectivity index (χ0) is 21.8. The van der Waals surface area contributed by atoms with Gasteiger partial charge in [0.1, 0.15) is 0 Å². The second-order valence-electron chi connectivity index (χ2n) is 8.37. The summed E-state index contributed by atoms with van der Waals surface area (Å²) in [6.45, 7) is 0. The van der Waals surface area contributed by atoms with E-state index in [1.54, 1.807) is 0 Å². The molecule has 1 N–H and O–H groups in total. The first-order chi connectivity index (χ1) is 15.8. The van der Waals surface area contributed by atoms with Gasteiger partial charge in [-0.25, -0.2) is 0 Å². The van der Waals surface area contributed by atoms with Crippen molar-refractivity contribution >= 4 is 5.91 Å². The quantitative estimate of drug-likeness (QED) is 0.445.